The van der Waals surface area contributed by atoms with Gasteiger partial charge in [0.15, 0.2) is 5.96 Å². The smallest absolute Gasteiger partial charge is 0.191 e. The van der Waals surface area contributed by atoms with E-state index in [9.17, 15) is 0 Å². The third kappa shape index (κ3) is 6.55. The van der Waals surface area contributed by atoms with E-state index in [-0.39, 0.29) is 30.0 Å². The van der Waals surface area contributed by atoms with Gasteiger partial charge in [0.05, 0.1) is 18.8 Å². The number of halogens is 1. The number of aliphatic imine (C=N–C) groups is 1. The van der Waals surface area contributed by atoms with Gasteiger partial charge in [0, 0.05) is 13.1 Å². The average molecular weight is 432 g/mol. The van der Waals surface area contributed by atoms with Crippen molar-refractivity contribution in [3.05, 3.63) is 36.8 Å². The molecule has 1 fully saturated rings. The number of guanidine groups is 1. The van der Waals surface area contributed by atoms with E-state index in [1.807, 2.05) is 12.1 Å². The Balaban J connectivity index is 0.00000264. The second kappa shape index (κ2) is 11.5. The summed E-state index contributed by atoms with van der Waals surface area (Å²) in [7, 11) is 0. The number of furan rings is 1. The first kappa shape index (κ1) is 20.0. The fraction of sp³-hybridized carbons (Fsp3) is 0.588. The molecule has 23 heavy (non-hydrogen) atoms. The van der Waals surface area contributed by atoms with Gasteiger partial charge in [-0.25, -0.2) is 0 Å². The molecule has 0 amide bonds. The Hall–Kier alpha value is -1.02. The highest BCUT2D eigenvalue weighted by Gasteiger charge is 2.24. The third-order valence-electron chi connectivity index (χ3n) is 3.88. The molecule has 130 valence electrons. The minimum Gasteiger partial charge on any atom is -0.468 e. The lowest BCUT2D eigenvalue weighted by molar-refractivity contribution is 0.150. The second-order valence-corrected chi connectivity index (χ2v) is 5.52. The number of piperidine rings is 1. The molecule has 1 aromatic heterocycles. The maximum atomic E-state index is 5.65. The summed E-state index contributed by atoms with van der Waals surface area (Å²) in [5.41, 5.74) is 0. The fourth-order valence-electron chi connectivity index (χ4n) is 2.78. The molecule has 6 heteroatoms. The highest BCUT2D eigenvalue weighted by Crippen LogP contribution is 2.25. The summed E-state index contributed by atoms with van der Waals surface area (Å²) in [4.78, 5) is 7.22. The van der Waals surface area contributed by atoms with Crippen LogP contribution in [-0.4, -0.2) is 43.6 Å². The van der Waals surface area contributed by atoms with Crippen LogP contribution in [0.5, 0.6) is 0 Å². The van der Waals surface area contributed by atoms with Crippen molar-refractivity contribution in [2.45, 2.75) is 32.2 Å². The largest absolute Gasteiger partial charge is 0.468 e. The van der Waals surface area contributed by atoms with Crippen LogP contribution < -0.4 is 10.6 Å². The van der Waals surface area contributed by atoms with E-state index in [1.54, 1.807) is 6.26 Å². The van der Waals surface area contributed by atoms with Gasteiger partial charge >= 0.3 is 0 Å². The second-order valence-electron chi connectivity index (χ2n) is 5.52. The number of likely N-dealkylation sites (tertiary alicyclic amines) is 1. The normalized spacial score (nSPS) is 17.2. The molecule has 2 N–H and O–H groups in total. The number of hydrogen-bond acceptors (Lipinski definition) is 3. The number of nitrogens with zero attached hydrogens (tertiary/aromatic N) is 2. The molecule has 1 saturated heterocycles. The maximum absolute atomic E-state index is 5.65. The molecule has 1 unspecified atom stereocenters. The quantitative estimate of drug-likeness (QED) is 0.301. The van der Waals surface area contributed by atoms with Gasteiger partial charge in [-0.05, 0) is 45.0 Å². The van der Waals surface area contributed by atoms with Gasteiger partial charge in [-0.15, -0.1) is 30.6 Å². The van der Waals surface area contributed by atoms with Gasteiger partial charge in [0.25, 0.3) is 0 Å². The molecule has 0 aromatic carbocycles. The predicted molar refractivity (Wildman–Crippen MR) is 106 cm³/mol. The molecule has 1 aliphatic rings. The van der Waals surface area contributed by atoms with E-state index in [4.69, 9.17) is 9.41 Å². The van der Waals surface area contributed by atoms with Crippen molar-refractivity contribution in [2.75, 3.05) is 32.7 Å². The van der Waals surface area contributed by atoms with Crippen LogP contribution in [0.2, 0.25) is 0 Å². The zero-order valence-electron chi connectivity index (χ0n) is 14.0. The third-order valence-corrected chi connectivity index (χ3v) is 3.88. The minimum absolute atomic E-state index is 0. The van der Waals surface area contributed by atoms with Crippen LogP contribution in [0.3, 0.4) is 0 Å². The van der Waals surface area contributed by atoms with Gasteiger partial charge in [0.1, 0.15) is 5.76 Å². The Morgan fingerprint density at radius 3 is 2.78 bits per heavy atom. The molecule has 2 heterocycles. The Morgan fingerprint density at radius 1 is 1.39 bits per heavy atom. The Labute approximate surface area is 156 Å². The zero-order valence-corrected chi connectivity index (χ0v) is 16.3. The highest BCUT2D eigenvalue weighted by molar-refractivity contribution is 14.0. The molecule has 0 radical (unpaired) electrons. The zero-order chi connectivity index (χ0) is 15.6. The lowest BCUT2D eigenvalue weighted by Crippen LogP contribution is -2.39. The summed E-state index contributed by atoms with van der Waals surface area (Å²) >= 11 is 0. The summed E-state index contributed by atoms with van der Waals surface area (Å²) in [6.07, 6.45) is 7.43. The summed E-state index contributed by atoms with van der Waals surface area (Å²) in [5.74, 6) is 1.83. The summed E-state index contributed by atoms with van der Waals surface area (Å²) in [6, 6.07) is 4.23. The van der Waals surface area contributed by atoms with Crippen molar-refractivity contribution in [3.8, 4) is 0 Å². The van der Waals surface area contributed by atoms with Crippen molar-refractivity contribution in [1.82, 2.24) is 15.5 Å². The van der Waals surface area contributed by atoms with Crippen molar-refractivity contribution < 1.29 is 4.42 Å². The van der Waals surface area contributed by atoms with Crippen LogP contribution >= 0.6 is 24.0 Å². The topological polar surface area (TPSA) is 52.8 Å². The van der Waals surface area contributed by atoms with Crippen LogP contribution in [0.1, 0.15) is 38.0 Å². The summed E-state index contributed by atoms with van der Waals surface area (Å²) in [6.45, 7) is 10.3. The molecule has 1 aliphatic heterocycles. The first-order valence-corrected chi connectivity index (χ1v) is 8.25. The maximum Gasteiger partial charge on any atom is 0.191 e. The van der Waals surface area contributed by atoms with Gasteiger partial charge < -0.3 is 15.1 Å². The van der Waals surface area contributed by atoms with Gasteiger partial charge in [-0.1, -0.05) is 12.5 Å². The predicted octanol–water partition coefficient (Wildman–Crippen LogP) is 3.17. The highest BCUT2D eigenvalue weighted by atomic mass is 127. The molecular formula is C17H29IN4O. The number of rotatable bonds is 7. The Bertz CT molecular complexity index is 455. The van der Waals surface area contributed by atoms with Gasteiger partial charge in [-0.2, -0.15) is 0 Å². The first-order chi connectivity index (χ1) is 10.8. The van der Waals surface area contributed by atoms with Crippen molar-refractivity contribution in [3.63, 3.8) is 0 Å². The van der Waals surface area contributed by atoms with Crippen LogP contribution in [0.4, 0.5) is 0 Å². The fourth-order valence-corrected chi connectivity index (χ4v) is 2.78. The van der Waals surface area contributed by atoms with E-state index >= 15 is 0 Å². The molecule has 2 rings (SSSR count). The SMILES string of the molecule is C=CCNC(=NCC(c1ccco1)N1CCCCC1)NCC.I. The van der Waals surface area contributed by atoms with E-state index in [2.05, 4.69) is 35.1 Å². The van der Waals surface area contributed by atoms with Crippen LogP contribution in [0.15, 0.2) is 40.5 Å². The average Bonchev–Trinajstić information content (AvgIpc) is 3.08. The lowest BCUT2D eigenvalue weighted by atomic mass is 10.1. The number of hydrogen-bond donors (Lipinski definition) is 2. The Morgan fingerprint density at radius 2 is 2.17 bits per heavy atom. The minimum atomic E-state index is 0. The standard InChI is InChI=1S/C17H28N4O.HI/c1-3-10-19-17(18-4-2)20-14-15(16-9-8-13-22-16)21-11-6-5-7-12-21;/h3,8-9,13,15H,1,4-7,10-12,14H2,2H3,(H2,18,19,20);1H. The van der Waals surface area contributed by atoms with E-state index < -0.39 is 0 Å². The first-order valence-electron chi connectivity index (χ1n) is 8.25. The van der Waals surface area contributed by atoms with Crippen molar-refractivity contribution in [1.29, 1.82) is 0 Å². The van der Waals surface area contributed by atoms with E-state index in [0.717, 1.165) is 31.4 Å². The van der Waals surface area contributed by atoms with Crippen LogP contribution in [0, 0.1) is 0 Å². The number of nitrogens with one attached hydrogen (secondary N) is 2. The van der Waals surface area contributed by atoms with E-state index in [0.29, 0.717) is 13.1 Å². The van der Waals surface area contributed by atoms with Crippen molar-refractivity contribution >= 4 is 29.9 Å². The molecule has 0 bridgehead atoms. The molecule has 0 aliphatic carbocycles. The monoisotopic (exact) mass is 432 g/mol. The van der Waals surface area contributed by atoms with Crippen LogP contribution in [0.25, 0.3) is 0 Å². The van der Waals surface area contributed by atoms with Gasteiger partial charge in [0.2, 0.25) is 0 Å². The molecular weight excluding hydrogens is 403 g/mol. The summed E-state index contributed by atoms with van der Waals surface area (Å²) in [5, 5.41) is 6.51. The van der Waals surface area contributed by atoms with Crippen molar-refractivity contribution in [2.24, 2.45) is 4.99 Å². The Kier molecular flexibility index (Phi) is 10.0. The van der Waals surface area contributed by atoms with E-state index in [1.165, 1.54) is 19.3 Å². The molecule has 1 atom stereocenters. The van der Waals surface area contributed by atoms with Crippen LogP contribution in [-0.2, 0) is 0 Å². The van der Waals surface area contributed by atoms with Gasteiger partial charge in [-0.3, -0.25) is 9.89 Å². The lowest BCUT2D eigenvalue weighted by Gasteiger charge is -2.32. The summed E-state index contributed by atoms with van der Waals surface area (Å²) < 4.78 is 5.65. The molecule has 1 aromatic rings. The molecule has 5 nitrogen and oxygen atoms in total. The molecule has 0 spiro atoms. The molecule has 0 saturated carbocycles.